The van der Waals surface area contributed by atoms with Gasteiger partial charge in [-0.1, -0.05) is 48.0 Å². The molecule has 2 N–H and O–H groups in total. The smallest absolute Gasteiger partial charge is 0.254 e. The summed E-state index contributed by atoms with van der Waals surface area (Å²) in [5.41, 5.74) is 4.19. The van der Waals surface area contributed by atoms with Gasteiger partial charge < -0.3 is 4.90 Å². The molecule has 6 nitrogen and oxygen atoms in total. The Bertz CT molecular complexity index is 1170. The molecule has 0 bridgehead atoms. The number of nitrogens with two attached hydrogens (primary N) is 1. The molecule has 2 aromatic carbocycles. The standard InChI is InChI=1S/C22H23N3O3S/c1-15-6-8-17(9-7-15)21-12-19(18-4-2-3-5-20(18)24-21)22(26)25-11-10-16(13-25)14-29(23,27)28/h2-9,12,16H,10-11,13-14H2,1H3,(H2,23,27,28)/t16-/m0/s1. The van der Waals surface area contributed by atoms with Crippen molar-refractivity contribution in [3.8, 4) is 11.3 Å². The predicted molar refractivity (Wildman–Crippen MR) is 114 cm³/mol. The molecule has 4 rings (SSSR count). The van der Waals surface area contributed by atoms with Crippen LogP contribution in [0.4, 0.5) is 0 Å². The molecule has 1 atom stereocenters. The number of carbonyl (C=O) groups excluding carboxylic acids is 1. The summed E-state index contributed by atoms with van der Waals surface area (Å²) < 4.78 is 22.8. The Balaban J connectivity index is 1.71. The number of sulfonamides is 1. The summed E-state index contributed by atoms with van der Waals surface area (Å²) >= 11 is 0. The summed E-state index contributed by atoms with van der Waals surface area (Å²) in [6, 6.07) is 17.5. The number of aryl methyl sites for hydroxylation is 1. The van der Waals surface area contributed by atoms with Crippen molar-refractivity contribution in [2.45, 2.75) is 13.3 Å². The summed E-state index contributed by atoms with van der Waals surface area (Å²) in [6.07, 6.45) is 0.635. The fourth-order valence-electron chi connectivity index (χ4n) is 3.88. The zero-order chi connectivity index (χ0) is 20.6. The van der Waals surface area contributed by atoms with E-state index in [9.17, 15) is 13.2 Å². The normalized spacial score (nSPS) is 17.0. The number of benzene rings is 2. The fourth-order valence-corrected chi connectivity index (χ4v) is 4.81. The average molecular weight is 410 g/mol. The van der Waals surface area contributed by atoms with E-state index < -0.39 is 10.0 Å². The molecular weight excluding hydrogens is 386 g/mol. The number of likely N-dealkylation sites (tertiary alicyclic amines) is 1. The molecule has 2 heterocycles. The maximum absolute atomic E-state index is 13.3. The van der Waals surface area contributed by atoms with Gasteiger partial charge in [-0.25, -0.2) is 18.5 Å². The first-order valence-corrected chi connectivity index (χ1v) is 11.3. The van der Waals surface area contributed by atoms with Crippen LogP contribution in [0.5, 0.6) is 0 Å². The molecular formula is C22H23N3O3S. The third-order valence-corrected chi connectivity index (χ3v) is 6.27. The van der Waals surface area contributed by atoms with E-state index >= 15 is 0 Å². The molecule has 0 saturated carbocycles. The number of carbonyl (C=O) groups is 1. The Hall–Kier alpha value is -2.77. The number of nitrogens with zero attached hydrogens (tertiary/aromatic N) is 2. The lowest BCUT2D eigenvalue weighted by Crippen LogP contribution is -2.31. The molecule has 1 fully saturated rings. The molecule has 150 valence electrons. The van der Waals surface area contributed by atoms with Gasteiger partial charge >= 0.3 is 0 Å². The quantitative estimate of drug-likeness (QED) is 0.717. The van der Waals surface area contributed by atoms with Crippen molar-refractivity contribution in [2.75, 3.05) is 18.8 Å². The third kappa shape index (κ3) is 4.31. The van der Waals surface area contributed by atoms with Crippen LogP contribution >= 0.6 is 0 Å². The maximum Gasteiger partial charge on any atom is 0.254 e. The van der Waals surface area contributed by atoms with Gasteiger partial charge in [0.1, 0.15) is 0 Å². The van der Waals surface area contributed by atoms with Crippen LogP contribution in [0.25, 0.3) is 22.2 Å². The van der Waals surface area contributed by atoms with Crippen molar-refractivity contribution < 1.29 is 13.2 Å². The highest BCUT2D eigenvalue weighted by molar-refractivity contribution is 7.89. The minimum atomic E-state index is -3.55. The molecule has 1 saturated heterocycles. The lowest BCUT2D eigenvalue weighted by Gasteiger charge is -2.18. The first kappa shape index (κ1) is 19.5. The summed E-state index contributed by atoms with van der Waals surface area (Å²) in [7, 11) is -3.55. The summed E-state index contributed by atoms with van der Waals surface area (Å²) in [5, 5.41) is 5.97. The van der Waals surface area contributed by atoms with Gasteiger partial charge in [0.05, 0.1) is 22.5 Å². The molecule has 0 aliphatic carbocycles. The van der Waals surface area contributed by atoms with E-state index in [2.05, 4.69) is 0 Å². The summed E-state index contributed by atoms with van der Waals surface area (Å²) in [5.74, 6) is -0.324. The summed E-state index contributed by atoms with van der Waals surface area (Å²) in [4.78, 5) is 19.8. The molecule has 0 spiro atoms. The van der Waals surface area contributed by atoms with E-state index in [0.717, 1.165) is 27.7 Å². The van der Waals surface area contributed by atoms with Crippen LogP contribution in [0.2, 0.25) is 0 Å². The van der Waals surface area contributed by atoms with Gasteiger partial charge in [0.15, 0.2) is 0 Å². The highest BCUT2D eigenvalue weighted by Crippen LogP contribution is 2.28. The Morgan fingerprint density at radius 2 is 1.90 bits per heavy atom. The van der Waals surface area contributed by atoms with Crippen LogP contribution in [0, 0.1) is 12.8 Å². The number of hydrogen-bond acceptors (Lipinski definition) is 4. The molecule has 1 aromatic heterocycles. The number of pyridine rings is 1. The predicted octanol–water partition coefficient (Wildman–Crippen LogP) is 2.96. The van der Waals surface area contributed by atoms with Crippen LogP contribution in [0.1, 0.15) is 22.3 Å². The number of aromatic nitrogens is 1. The van der Waals surface area contributed by atoms with Crippen LogP contribution in [0.3, 0.4) is 0 Å². The van der Waals surface area contributed by atoms with E-state index in [-0.39, 0.29) is 17.6 Å². The van der Waals surface area contributed by atoms with Crippen molar-refractivity contribution in [3.63, 3.8) is 0 Å². The molecule has 0 radical (unpaired) electrons. The van der Waals surface area contributed by atoms with Crippen LogP contribution in [-0.2, 0) is 10.0 Å². The molecule has 0 unspecified atom stereocenters. The van der Waals surface area contributed by atoms with E-state index in [4.69, 9.17) is 10.1 Å². The lowest BCUT2D eigenvalue weighted by molar-refractivity contribution is 0.0790. The largest absolute Gasteiger partial charge is 0.338 e. The number of hydrogen-bond donors (Lipinski definition) is 1. The van der Waals surface area contributed by atoms with Gasteiger partial charge in [0.25, 0.3) is 5.91 Å². The van der Waals surface area contributed by atoms with Gasteiger partial charge in [-0.15, -0.1) is 0 Å². The molecule has 7 heteroatoms. The van der Waals surface area contributed by atoms with Gasteiger partial charge in [0.2, 0.25) is 10.0 Å². The second kappa shape index (κ2) is 7.57. The Morgan fingerprint density at radius 1 is 1.17 bits per heavy atom. The molecule has 1 amide bonds. The second-order valence-corrected chi connectivity index (χ2v) is 9.33. The number of rotatable bonds is 4. The average Bonchev–Trinajstić information content (AvgIpc) is 3.13. The van der Waals surface area contributed by atoms with Gasteiger partial charge in [-0.2, -0.15) is 0 Å². The first-order valence-electron chi connectivity index (χ1n) is 9.57. The van der Waals surface area contributed by atoms with Crippen LogP contribution in [-0.4, -0.2) is 43.1 Å². The number of fused-ring (bicyclic) bond motifs is 1. The number of amides is 1. The van der Waals surface area contributed by atoms with E-state index in [1.807, 2.05) is 61.5 Å². The molecule has 3 aromatic rings. The molecule has 29 heavy (non-hydrogen) atoms. The Morgan fingerprint density at radius 3 is 2.62 bits per heavy atom. The highest BCUT2D eigenvalue weighted by Gasteiger charge is 2.30. The zero-order valence-corrected chi connectivity index (χ0v) is 17.0. The number of para-hydroxylation sites is 1. The van der Waals surface area contributed by atoms with Gasteiger partial charge in [0, 0.05) is 24.0 Å². The van der Waals surface area contributed by atoms with E-state index in [0.29, 0.717) is 25.1 Å². The van der Waals surface area contributed by atoms with Crippen molar-refractivity contribution in [1.82, 2.24) is 9.88 Å². The highest BCUT2D eigenvalue weighted by atomic mass is 32.2. The van der Waals surface area contributed by atoms with Crippen molar-refractivity contribution in [2.24, 2.45) is 11.1 Å². The van der Waals surface area contributed by atoms with Gasteiger partial charge in [-0.3, -0.25) is 4.79 Å². The number of primary sulfonamides is 1. The molecule has 1 aliphatic heterocycles. The van der Waals surface area contributed by atoms with E-state index in [1.54, 1.807) is 4.90 Å². The fraction of sp³-hybridized carbons (Fsp3) is 0.273. The van der Waals surface area contributed by atoms with Crippen LogP contribution < -0.4 is 5.14 Å². The third-order valence-electron chi connectivity index (χ3n) is 5.33. The SMILES string of the molecule is Cc1ccc(-c2cc(C(=O)N3CC[C@H](CS(N)(=O)=O)C3)c3ccccc3n2)cc1. The van der Waals surface area contributed by atoms with E-state index in [1.165, 1.54) is 0 Å². The minimum absolute atomic E-state index is 0.0948. The topological polar surface area (TPSA) is 93.4 Å². The monoisotopic (exact) mass is 409 g/mol. The first-order chi connectivity index (χ1) is 13.8. The molecule has 1 aliphatic rings. The summed E-state index contributed by atoms with van der Waals surface area (Å²) in [6.45, 7) is 2.94. The maximum atomic E-state index is 13.3. The van der Waals surface area contributed by atoms with Crippen molar-refractivity contribution in [1.29, 1.82) is 0 Å². The van der Waals surface area contributed by atoms with Crippen molar-refractivity contribution in [3.05, 3.63) is 65.7 Å². The zero-order valence-electron chi connectivity index (χ0n) is 16.2. The second-order valence-electron chi connectivity index (χ2n) is 7.67. The van der Waals surface area contributed by atoms with Crippen LogP contribution in [0.15, 0.2) is 54.6 Å². The van der Waals surface area contributed by atoms with Gasteiger partial charge in [-0.05, 0) is 31.4 Å². The van der Waals surface area contributed by atoms with Crippen molar-refractivity contribution >= 4 is 26.8 Å². The Labute approximate surface area is 170 Å². The lowest BCUT2D eigenvalue weighted by atomic mass is 10.0. The minimum Gasteiger partial charge on any atom is -0.338 e. The Kier molecular flexibility index (Phi) is 5.10.